The van der Waals surface area contributed by atoms with Gasteiger partial charge in [-0.2, -0.15) is 5.10 Å². The summed E-state index contributed by atoms with van der Waals surface area (Å²) in [7, 11) is 1.77. The van der Waals surface area contributed by atoms with Crippen LogP contribution >= 0.6 is 0 Å². The van der Waals surface area contributed by atoms with E-state index in [9.17, 15) is 4.79 Å². The average molecular weight is 268 g/mol. The molecule has 0 aliphatic carbocycles. The predicted octanol–water partition coefficient (Wildman–Crippen LogP) is 1.29. The van der Waals surface area contributed by atoms with Gasteiger partial charge in [-0.3, -0.25) is 9.48 Å². The number of hydrogen-bond donors (Lipinski definition) is 2. The number of aryl methyl sites for hydroxylation is 2. The molecule has 5 heteroatoms. The molecule has 0 bridgehead atoms. The molecule has 0 aliphatic rings. The van der Waals surface area contributed by atoms with E-state index in [1.54, 1.807) is 17.9 Å². The lowest BCUT2D eigenvalue weighted by Crippen LogP contribution is -2.11. The third-order valence-corrected chi connectivity index (χ3v) is 2.78. The lowest BCUT2D eigenvalue weighted by molar-refractivity contribution is 0.102. The smallest absolute Gasteiger partial charge is 0.258 e. The molecular weight excluding hydrogens is 252 g/mol. The number of amides is 1. The molecule has 0 saturated heterocycles. The number of carbonyl (C=O) groups is 1. The van der Waals surface area contributed by atoms with Gasteiger partial charge in [-0.15, -0.1) is 0 Å². The first-order chi connectivity index (χ1) is 9.60. The van der Waals surface area contributed by atoms with E-state index >= 15 is 0 Å². The van der Waals surface area contributed by atoms with Crippen molar-refractivity contribution in [2.24, 2.45) is 12.8 Å². The second-order valence-electron chi connectivity index (χ2n) is 4.39. The van der Waals surface area contributed by atoms with Crippen LogP contribution in [0.2, 0.25) is 0 Å². The van der Waals surface area contributed by atoms with Crippen molar-refractivity contribution in [3.05, 3.63) is 47.3 Å². The zero-order valence-corrected chi connectivity index (χ0v) is 11.5. The van der Waals surface area contributed by atoms with E-state index in [-0.39, 0.29) is 5.91 Å². The van der Waals surface area contributed by atoms with Crippen LogP contribution in [-0.2, 0) is 7.05 Å². The summed E-state index contributed by atoms with van der Waals surface area (Å²) in [5.41, 5.74) is 8.51. The van der Waals surface area contributed by atoms with Gasteiger partial charge in [-0.05, 0) is 30.7 Å². The molecule has 0 atom stereocenters. The molecule has 1 aromatic carbocycles. The molecule has 1 amide bonds. The molecule has 3 N–H and O–H groups in total. The standard InChI is InChI=1S/C15H16N4O/c1-11-8-14(6-5-12(11)4-3-7-16)18-15(20)13-9-17-19(2)10-13/h5-6,8-10H,7,16H2,1-2H3,(H,18,20). The summed E-state index contributed by atoms with van der Waals surface area (Å²) in [5, 5.41) is 6.80. The second kappa shape index (κ2) is 6.04. The highest BCUT2D eigenvalue weighted by Crippen LogP contribution is 2.15. The van der Waals surface area contributed by atoms with Gasteiger partial charge in [0.25, 0.3) is 5.91 Å². The second-order valence-corrected chi connectivity index (χ2v) is 4.39. The molecule has 0 fully saturated rings. The van der Waals surface area contributed by atoms with Crippen molar-refractivity contribution in [2.75, 3.05) is 11.9 Å². The Morgan fingerprint density at radius 3 is 2.90 bits per heavy atom. The maximum absolute atomic E-state index is 12.0. The lowest BCUT2D eigenvalue weighted by atomic mass is 10.1. The van der Waals surface area contributed by atoms with E-state index in [1.807, 2.05) is 25.1 Å². The van der Waals surface area contributed by atoms with E-state index < -0.39 is 0 Å². The van der Waals surface area contributed by atoms with E-state index in [4.69, 9.17) is 5.73 Å². The highest BCUT2D eigenvalue weighted by Gasteiger charge is 2.08. The Labute approximate surface area is 117 Å². The van der Waals surface area contributed by atoms with Gasteiger partial charge in [-0.1, -0.05) is 11.8 Å². The summed E-state index contributed by atoms with van der Waals surface area (Å²) in [4.78, 5) is 12.0. The van der Waals surface area contributed by atoms with Gasteiger partial charge in [0.15, 0.2) is 0 Å². The van der Waals surface area contributed by atoms with E-state index in [1.165, 1.54) is 6.20 Å². The fraction of sp³-hybridized carbons (Fsp3) is 0.200. The van der Waals surface area contributed by atoms with Gasteiger partial charge in [-0.25, -0.2) is 0 Å². The van der Waals surface area contributed by atoms with Crippen LogP contribution in [0, 0.1) is 18.8 Å². The molecule has 5 nitrogen and oxygen atoms in total. The summed E-state index contributed by atoms with van der Waals surface area (Å²) >= 11 is 0. The Kier molecular flexibility index (Phi) is 4.18. The fourth-order valence-corrected chi connectivity index (χ4v) is 1.77. The van der Waals surface area contributed by atoms with Crippen molar-refractivity contribution < 1.29 is 4.79 Å². The van der Waals surface area contributed by atoms with Crippen molar-refractivity contribution in [3.8, 4) is 11.8 Å². The molecule has 0 spiro atoms. The zero-order chi connectivity index (χ0) is 14.5. The van der Waals surface area contributed by atoms with Crippen LogP contribution in [-0.4, -0.2) is 22.2 Å². The average Bonchev–Trinajstić information content (AvgIpc) is 2.85. The Hall–Kier alpha value is -2.58. The molecule has 0 saturated carbocycles. The summed E-state index contributed by atoms with van der Waals surface area (Å²) in [6, 6.07) is 5.58. The summed E-state index contributed by atoms with van der Waals surface area (Å²) in [6.45, 7) is 2.28. The molecule has 0 unspecified atom stereocenters. The number of anilines is 1. The van der Waals surface area contributed by atoms with Gasteiger partial charge in [0.2, 0.25) is 0 Å². The van der Waals surface area contributed by atoms with Gasteiger partial charge < -0.3 is 11.1 Å². The minimum absolute atomic E-state index is 0.182. The van der Waals surface area contributed by atoms with Crippen LogP contribution in [0.15, 0.2) is 30.6 Å². The number of nitrogens with two attached hydrogens (primary N) is 1. The molecule has 2 aromatic rings. The van der Waals surface area contributed by atoms with Gasteiger partial charge in [0.05, 0.1) is 18.3 Å². The largest absolute Gasteiger partial charge is 0.322 e. The number of carbonyl (C=O) groups excluding carboxylic acids is 1. The number of nitrogens with zero attached hydrogens (tertiary/aromatic N) is 2. The van der Waals surface area contributed by atoms with Crippen LogP contribution < -0.4 is 11.1 Å². The molecule has 102 valence electrons. The number of aromatic nitrogens is 2. The molecule has 0 aliphatic heterocycles. The number of rotatable bonds is 2. The Bertz CT molecular complexity index is 691. The highest BCUT2D eigenvalue weighted by molar-refractivity contribution is 6.04. The SMILES string of the molecule is Cc1cc(NC(=O)c2cnn(C)c2)ccc1C#CCN. The normalized spacial score (nSPS) is 9.75. The third kappa shape index (κ3) is 3.25. The zero-order valence-electron chi connectivity index (χ0n) is 11.5. The Morgan fingerprint density at radius 1 is 1.50 bits per heavy atom. The maximum atomic E-state index is 12.0. The van der Waals surface area contributed by atoms with Gasteiger partial charge >= 0.3 is 0 Å². The van der Waals surface area contributed by atoms with Crippen LogP contribution in [0.5, 0.6) is 0 Å². The van der Waals surface area contributed by atoms with Gasteiger partial charge in [0.1, 0.15) is 0 Å². The topological polar surface area (TPSA) is 72.9 Å². The quantitative estimate of drug-likeness (QED) is 0.806. The van der Waals surface area contributed by atoms with Crippen LogP contribution in [0.4, 0.5) is 5.69 Å². The van der Waals surface area contributed by atoms with Crippen molar-refractivity contribution in [3.63, 3.8) is 0 Å². The highest BCUT2D eigenvalue weighted by atomic mass is 16.1. The molecular formula is C15H16N4O. The van der Waals surface area contributed by atoms with Crippen molar-refractivity contribution in [2.45, 2.75) is 6.92 Å². The van der Waals surface area contributed by atoms with Crippen molar-refractivity contribution in [1.82, 2.24) is 9.78 Å². The first-order valence-electron chi connectivity index (χ1n) is 6.19. The molecule has 1 heterocycles. The van der Waals surface area contributed by atoms with E-state index in [0.717, 1.165) is 16.8 Å². The first kappa shape index (κ1) is 13.8. The Morgan fingerprint density at radius 2 is 2.30 bits per heavy atom. The summed E-state index contributed by atoms with van der Waals surface area (Å²) in [6.07, 6.45) is 3.20. The predicted molar refractivity (Wildman–Crippen MR) is 78.3 cm³/mol. The minimum atomic E-state index is -0.182. The van der Waals surface area contributed by atoms with Crippen molar-refractivity contribution >= 4 is 11.6 Å². The van der Waals surface area contributed by atoms with Crippen molar-refractivity contribution in [1.29, 1.82) is 0 Å². The number of hydrogen-bond acceptors (Lipinski definition) is 3. The molecule has 1 aromatic heterocycles. The maximum Gasteiger partial charge on any atom is 0.258 e. The monoisotopic (exact) mass is 268 g/mol. The molecule has 2 rings (SSSR count). The van der Waals surface area contributed by atoms with Gasteiger partial charge in [0, 0.05) is 24.5 Å². The fourth-order valence-electron chi connectivity index (χ4n) is 1.77. The minimum Gasteiger partial charge on any atom is -0.322 e. The van der Waals surface area contributed by atoms with E-state index in [2.05, 4.69) is 22.3 Å². The molecule has 0 radical (unpaired) electrons. The Balaban J connectivity index is 2.14. The number of benzene rings is 1. The lowest BCUT2D eigenvalue weighted by Gasteiger charge is -2.06. The van der Waals surface area contributed by atoms with E-state index in [0.29, 0.717) is 12.1 Å². The van der Waals surface area contributed by atoms with Crippen LogP contribution in [0.1, 0.15) is 21.5 Å². The van der Waals surface area contributed by atoms with Crippen LogP contribution in [0.3, 0.4) is 0 Å². The summed E-state index contributed by atoms with van der Waals surface area (Å²) < 4.78 is 1.59. The first-order valence-corrected chi connectivity index (χ1v) is 6.19. The third-order valence-electron chi connectivity index (χ3n) is 2.78. The summed E-state index contributed by atoms with van der Waals surface area (Å²) in [5.74, 6) is 5.62. The molecule has 20 heavy (non-hydrogen) atoms. The van der Waals surface area contributed by atoms with Crippen LogP contribution in [0.25, 0.3) is 0 Å². The number of nitrogens with one attached hydrogen (secondary N) is 1.